The predicted octanol–water partition coefficient (Wildman–Crippen LogP) is -0.160. The first-order chi connectivity index (χ1) is 9.15. The Balaban J connectivity index is 1.91. The molecule has 8 heteroatoms. The van der Waals surface area contributed by atoms with Crippen LogP contribution in [0, 0.1) is 0 Å². The van der Waals surface area contributed by atoms with Crippen LogP contribution < -0.4 is 5.43 Å². The van der Waals surface area contributed by atoms with Gasteiger partial charge in [-0.1, -0.05) is 0 Å². The maximum Gasteiger partial charge on any atom is 0.261 e. The molecule has 0 aliphatic rings. The van der Waals surface area contributed by atoms with Crippen LogP contribution in [0.5, 0.6) is 11.5 Å². The van der Waals surface area contributed by atoms with Crippen LogP contribution in [0.15, 0.2) is 36.0 Å². The number of phenols is 2. The van der Waals surface area contributed by atoms with Crippen LogP contribution in [0.3, 0.4) is 0 Å². The Morgan fingerprint density at radius 2 is 2.32 bits per heavy atom. The average Bonchev–Trinajstić information content (AvgIpc) is 2.84. The summed E-state index contributed by atoms with van der Waals surface area (Å²) in [5, 5.41) is 26.0. The molecular weight excluding hydrogens is 250 g/mol. The van der Waals surface area contributed by atoms with Crippen molar-refractivity contribution in [1.29, 1.82) is 0 Å². The minimum atomic E-state index is -0.375. The maximum atomic E-state index is 11.4. The molecule has 0 aliphatic carbocycles. The fourth-order valence-corrected chi connectivity index (χ4v) is 1.31. The lowest BCUT2D eigenvalue weighted by Gasteiger charge is -2.00. The van der Waals surface area contributed by atoms with Gasteiger partial charge in [-0.25, -0.2) is 15.1 Å². The summed E-state index contributed by atoms with van der Waals surface area (Å²) in [6, 6.07) is 4.05. The van der Waals surface area contributed by atoms with Crippen molar-refractivity contribution in [2.45, 2.75) is 6.54 Å². The monoisotopic (exact) mass is 261 g/mol. The van der Waals surface area contributed by atoms with E-state index in [0.717, 1.165) is 0 Å². The number of amides is 1. The van der Waals surface area contributed by atoms with E-state index in [0.29, 0.717) is 5.56 Å². The summed E-state index contributed by atoms with van der Waals surface area (Å²) in [5.41, 5.74) is 2.65. The quantitative estimate of drug-likeness (QED) is 0.523. The minimum absolute atomic E-state index is 0.00109. The van der Waals surface area contributed by atoms with E-state index in [1.807, 2.05) is 0 Å². The summed E-state index contributed by atoms with van der Waals surface area (Å²) >= 11 is 0. The standard InChI is InChI=1S/C11H11N5O3/c17-9-2-1-8(10(18)3-9)4-13-15-11(19)5-16-7-12-6-14-16/h1-4,6-7,17-18H,5H2,(H,15,19)/b13-4-. The van der Waals surface area contributed by atoms with Crippen molar-refractivity contribution in [2.24, 2.45) is 5.10 Å². The third-order valence-electron chi connectivity index (χ3n) is 2.18. The van der Waals surface area contributed by atoms with Gasteiger partial charge < -0.3 is 10.2 Å². The number of hydrogen-bond donors (Lipinski definition) is 3. The van der Waals surface area contributed by atoms with Crippen LogP contribution in [-0.2, 0) is 11.3 Å². The zero-order valence-electron chi connectivity index (χ0n) is 9.76. The number of hydrogen-bond acceptors (Lipinski definition) is 6. The van der Waals surface area contributed by atoms with E-state index in [2.05, 4.69) is 20.6 Å². The van der Waals surface area contributed by atoms with Gasteiger partial charge in [0.25, 0.3) is 5.91 Å². The number of aromatic nitrogens is 3. The molecule has 1 aromatic carbocycles. The molecule has 0 saturated heterocycles. The number of phenolic OH excluding ortho intramolecular Hbond substituents is 2. The van der Waals surface area contributed by atoms with Gasteiger partial charge >= 0.3 is 0 Å². The van der Waals surface area contributed by atoms with E-state index < -0.39 is 0 Å². The third kappa shape index (κ3) is 3.53. The molecule has 0 saturated carbocycles. The molecule has 98 valence electrons. The number of hydrazone groups is 1. The van der Waals surface area contributed by atoms with Crippen LogP contribution in [0.4, 0.5) is 0 Å². The summed E-state index contributed by atoms with van der Waals surface area (Å²) in [6.45, 7) is -0.00109. The minimum Gasteiger partial charge on any atom is -0.508 e. The van der Waals surface area contributed by atoms with Crippen molar-refractivity contribution in [3.05, 3.63) is 36.4 Å². The van der Waals surface area contributed by atoms with E-state index >= 15 is 0 Å². The van der Waals surface area contributed by atoms with Gasteiger partial charge in [0, 0.05) is 11.6 Å². The SMILES string of the molecule is O=C(Cn1cncn1)N/N=C\c1ccc(O)cc1O. The summed E-state index contributed by atoms with van der Waals surface area (Å²) in [6.07, 6.45) is 4.01. The Kier molecular flexibility index (Phi) is 3.72. The molecular formula is C11H11N5O3. The molecule has 1 aromatic heterocycles. The number of benzene rings is 1. The Hall–Kier alpha value is -2.90. The fourth-order valence-electron chi connectivity index (χ4n) is 1.31. The molecule has 0 aliphatic heterocycles. The molecule has 0 spiro atoms. The number of aromatic hydroxyl groups is 2. The number of nitrogens with one attached hydrogen (secondary N) is 1. The normalized spacial score (nSPS) is 10.7. The largest absolute Gasteiger partial charge is 0.508 e. The molecule has 19 heavy (non-hydrogen) atoms. The highest BCUT2D eigenvalue weighted by atomic mass is 16.3. The lowest BCUT2D eigenvalue weighted by Crippen LogP contribution is -2.23. The Bertz CT molecular complexity index is 594. The summed E-state index contributed by atoms with van der Waals surface area (Å²) in [4.78, 5) is 15.1. The van der Waals surface area contributed by atoms with Crippen LogP contribution in [-0.4, -0.2) is 37.1 Å². The predicted molar refractivity (Wildman–Crippen MR) is 65.5 cm³/mol. The highest BCUT2D eigenvalue weighted by molar-refractivity contribution is 5.85. The van der Waals surface area contributed by atoms with Crippen LogP contribution in [0.1, 0.15) is 5.56 Å². The molecule has 2 aromatic rings. The smallest absolute Gasteiger partial charge is 0.261 e. The Morgan fingerprint density at radius 3 is 3.00 bits per heavy atom. The van der Waals surface area contributed by atoms with E-state index in [1.165, 1.54) is 41.8 Å². The van der Waals surface area contributed by atoms with Crippen molar-refractivity contribution in [1.82, 2.24) is 20.2 Å². The molecule has 0 atom stereocenters. The molecule has 0 bridgehead atoms. The lowest BCUT2D eigenvalue weighted by atomic mass is 10.2. The number of nitrogens with zero attached hydrogens (tertiary/aromatic N) is 4. The second kappa shape index (κ2) is 5.63. The van der Waals surface area contributed by atoms with E-state index in [9.17, 15) is 9.90 Å². The summed E-state index contributed by atoms with van der Waals surface area (Å²) in [7, 11) is 0. The second-order valence-corrected chi connectivity index (χ2v) is 3.63. The van der Waals surface area contributed by atoms with Gasteiger partial charge in [0.1, 0.15) is 30.7 Å². The van der Waals surface area contributed by atoms with Crippen molar-refractivity contribution in [3.8, 4) is 11.5 Å². The third-order valence-corrected chi connectivity index (χ3v) is 2.18. The average molecular weight is 261 g/mol. The number of carbonyl (C=O) groups excluding carboxylic acids is 1. The molecule has 1 amide bonds. The molecule has 1 heterocycles. The van der Waals surface area contributed by atoms with Crippen molar-refractivity contribution < 1.29 is 15.0 Å². The van der Waals surface area contributed by atoms with Crippen molar-refractivity contribution in [2.75, 3.05) is 0 Å². The fraction of sp³-hybridized carbons (Fsp3) is 0.0909. The molecule has 0 unspecified atom stereocenters. The lowest BCUT2D eigenvalue weighted by molar-refractivity contribution is -0.121. The van der Waals surface area contributed by atoms with Crippen LogP contribution in [0.25, 0.3) is 0 Å². The first kappa shape index (κ1) is 12.6. The van der Waals surface area contributed by atoms with Gasteiger partial charge in [0.2, 0.25) is 0 Å². The van der Waals surface area contributed by atoms with Crippen LogP contribution >= 0.6 is 0 Å². The molecule has 2 rings (SSSR count). The summed E-state index contributed by atoms with van der Waals surface area (Å²) in [5.74, 6) is -0.556. The van der Waals surface area contributed by atoms with E-state index in [-0.39, 0.29) is 24.0 Å². The Morgan fingerprint density at radius 1 is 1.47 bits per heavy atom. The first-order valence-corrected chi connectivity index (χ1v) is 5.31. The topological polar surface area (TPSA) is 113 Å². The molecule has 3 N–H and O–H groups in total. The molecule has 0 fully saturated rings. The van der Waals surface area contributed by atoms with Crippen molar-refractivity contribution >= 4 is 12.1 Å². The maximum absolute atomic E-state index is 11.4. The van der Waals surface area contributed by atoms with Gasteiger partial charge in [-0.05, 0) is 12.1 Å². The van der Waals surface area contributed by atoms with Gasteiger partial charge in [0.15, 0.2) is 0 Å². The van der Waals surface area contributed by atoms with Gasteiger partial charge in [-0.2, -0.15) is 10.2 Å². The van der Waals surface area contributed by atoms with Gasteiger partial charge in [0.05, 0.1) is 6.21 Å². The van der Waals surface area contributed by atoms with Crippen LogP contribution in [0.2, 0.25) is 0 Å². The molecule has 8 nitrogen and oxygen atoms in total. The zero-order valence-corrected chi connectivity index (χ0v) is 9.76. The molecule has 0 radical (unpaired) electrons. The van der Waals surface area contributed by atoms with E-state index in [1.54, 1.807) is 0 Å². The first-order valence-electron chi connectivity index (χ1n) is 5.31. The second-order valence-electron chi connectivity index (χ2n) is 3.63. The zero-order chi connectivity index (χ0) is 13.7. The highest BCUT2D eigenvalue weighted by Crippen LogP contribution is 2.20. The van der Waals surface area contributed by atoms with Gasteiger partial charge in [-0.3, -0.25) is 4.79 Å². The number of carbonyl (C=O) groups is 1. The van der Waals surface area contributed by atoms with E-state index in [4.69, 9.17) is 5.11 Å². The number of rotatable bonds is 4. The Labute approximate surface area is 108 Å². The summed E-state index contributed by atoms with van der Waals surface area (Å²) < 4.78 is 1.35. The van der Waals surface area contributed by atoms with Gasteiger partial charge in [-0.15, -0.1) is 0 Å². The highest BCUT2D eigenvalue weighted by Gasteiger charge is 2.02. The van der Waals surface area contributed by atoms with Crippen molar-refractivity contribution in [3.63, 3.8) is 0 Å².